The van der Waals surface area contributed by atoms with Gasteiger partial charge in [-0.1, -0.05) is 13.0 Å². The Morgan fingerprint density at radius 3 is 2.71 bits per heavy atom. The minimum atomic E-state index is -0.880. The van der Waals surface area contributed by atoms with Crippen molar-refractivity contribution in [3.8, 4) is 0 Å². The molecule has 0 aliphatic rings. The summed E-state index contributed by atoms with van der Waals surface area (Å²) in [4.78, 5) is 14.8. The standard InChI is InChI=1S/C11H13NO2/c1-3-9(11(13)14)6-10-5-4-8(2)7-12-10/h4-7H,3H2,1-2H3,(H,13,14)/b9-6+. The number of nitrogens with zero attached hydrogens (tertiary/aromatic N) is 1. The molecule has 0 aliphatic heterocycles. The zero-order chi connectivity index (χ0) is 10.6. The lowest BCUT2D eigenvalue weighted by atomic mass is 10.1. The molecule has 3 nitrogen and oxygen atoms in total. The number of pyridine rings is 1. The molecule has 0 aliphatic carbocycles. The van der Waals surface area contributed by atoms with Crippen molar-refractivity contribution in [1.82, 2.24) is 4.98 Å². The fraction of sp³-hybridized carbons (Fsp3) is 0.273. The van der Waals surface area contributed by atoms with Gasteiger partial charge in [0.1, 0.15) is 0 Å². The Labute approximate surface area is 83.1 Å². The van der Waals surface area contributed by atoms with E-state index in [2.05, 4.69) is 4.98 Å². The number of hydrogen-bond donors (Lipinski definition) is 1. The molecule has 3 heteroatoms. The van der Waals surface area contributed by atoms with Gasteiger partial charge in [-0.05, 0) is 31.1 Å². The summed E-state index contributed by atoms with van der Waals surface area (Å²) in [6.45, 7) is 3.76. The topological polar surface area (TPSA) is 50.2 Å². The average molecular weight is 191 g/mol. The fourth-order valence-corrected chi connectivity index (χ4v) is 1.06. The van der Waals surface area contributed by atoms with E-state index in [4.69, 9.17) is 5.11 Å². The summed E-state index contributed by atoms with van der Waals surface area (Å²) >= 11 is 0. The zero-order valence-electron chi connectivity index (χ0n) is 8.32. The summed E-state index contributed by atoms with van der Waals surface area (Å²) in [5.41, 5.74) is 2.13. The predicted molar refractivity (Wildman–Crippen MR) is 54.9 cm³/mol. The minimum absolute atomic E-state index is 0.376. The van der Waals surface area contributed by atoms with Gasteiger partial charge < -0.3 is 5.11 Å². The number of carboxylic acids is 1. The normalized spacial score (nSPS) is 11.4. The highest BCUT2D eigenvalue weighted by atomic mass is 16.4. The van der Waals surface area contributed by atoms with Gasteiger partial charge in [0.2, 0.25) is 0 Å². The summed E-state index contributed by atoms with van der Waals surface area (Å²) in [6.07, 6.45) is 3.83. The van der Waals surface area contributed by atoms with E-state index >= 15 is 0 Å². The molecule has 1 aromatic rings. The summed E-state index contributed by atoms with van der Waals surface area (Å²) < 4.78 is 0. The summed E-state index contributed by atoms with van der Waals surface area (Å²) in [7, 11) is 0. The third-order valence-corrected chi connectivity index (χ3v) is 1.91. The van der Waals surface area contributed by atoms with Crippen molar-refractivity contribution < 1.29 is 9.90 Å². The SMILES string of the molecule is CC/C(=C\c1ccc(C)cn1)C(=O)O. The molecule has 0 radical (unpaired) electrons. The number of carbonyl (C=O) groups is 1. The fourth-order valence-electron chi connectivity index (χ4n) is 1.06. The lowest BCUT2D eigenvalue weighted by molar-refractivity contribution is -0.132. The van der Waals surface area contributed by atoms with Crippen LogP contribution in [0.2, 0.25) is 0 Å². The van der Waals surface area contributed by atoms with Gasteiger partial charge in [0, 0.05) is 11.8 Å². The quantitative estimate of drug-likeness (QED) is 0.745. The Bertz CT molecular complexity index is 352. The number of hydrogen-bond acceptors (Lipinski definition) is 2. The highest BCUT2D eigenvalue weighted by molar-refractivity contribution is 5.91. The van der Waals surface area contributed by atoms with Crippen molar-refractivity contribution in [3.05, 3.63) is 35.2 Å². The average Bonchev–Trinajstić information content (AvgIpc) is 2.16. The third kappa shape index (κ3) is 2.69. The molecular weight excluding hydrogens is 178 g/mol. The highest BCUT2D eigenvalue weighted by Crippen LogP contribution is 2.08. The molecule has 0 atom stereocenters. The lowest BCUT2D eigenvalue weighted by Crippen LogP contribution is -1.99. The number of aliphatic carboxylic acids is 1. The van der Waals surface area contributed by atoms with E-state index in [-0.39, 0.29) is 0 Å². The van der Waals surface area contributed by atoms with E-state index in [0.717, 1.165) is 5.56 Å². The van der Waals surface area contributed by atoms with E-state index in [1.807, 2.05) is 26.0 Å². The molecule has 0 amide bonds. The van der Waals surface area contributed by atoms with E-state index in [1.165, 1.54) is 0 Å². The van der Waals surface area contributed by atoms with Crippen LogP contribution in [0, 0.1) is 6.92 Å². The largest absolute Gasteiger partial charge is 0.478 e. The molecule has 0 saturated heterocycles. The molecule has 1 rings (SSSR count). The van der Waals surface area contributed by atoms with Crippen LogP contribution in [0.3, 0.4) is 0 Å². The maximum absolute atomic E-state index is 10.7. The maximum Gasteiger partial charge on any atom is 0.331 e. The van der Waals surface area contributed by atoms with Crippen molar-refractivity contribution in [2.75, 3.05) is 0 Å². The molecule has 14 heavy (non-hydrogen) atoms. The third-order valence-electron chi connectivity index (χ3n) is 1.91. The molecule has 1 heterocycles. The van der Waals surface area contributed by atoms with E-state index in [9.17, 15) is 4.79 Å². The minimum Gasteiger partial charge on any atom is -0.478 e. The highest BCUT2D eigenvalue weighted by Gasteiger charge is 2.03. The van der Waals surface area contributed by atoms with Gasteiger partial charge in [0.15, 0.2) is 0 Å². The van der Waals surface area contributed by atoms with Gasteiger partial charge in [-0.25, -0.2) is 4.79 Å². The lowest BCUT2D eigenvalue weighted by Gasteiger charge is -1.98. The summed E-state index contributed by atoms with van der Waals surface area (Å²) in [6, 6.07) is 3.72. The van der Waals surface area contributed by atoms with Crippen LogP contribution in [-0.2, 0) is 4.79 Å². The molecule has 0 fully saturated rings. The number of aromatic nitrogens is 1. The van der Waals surface area contributed by atoms with Crippen LogP contribution in [0.5, 0.6) is 0 Å². The predicted octanol–water partition coefficient (Wildman–Crippen LogP) is 2.27. The Morgan fingerprint density at radius 2 is 2.29 bits per heavy atom. The first kappa shape index (κ1) is 10.4. The summed E-state index contributed by atoms with van der Waals surface area (Å²) in [5.74, 6) is -0.880. The second-order valence-corrected chi connectivity index (χ2v) is 3.09. The van der Waals surface area contributed by atoms with Crippen molar-refractivity contribution in [1.29, 1.82) is 0 Å². The molecule has 0 spiro atoms. The molecule has 74 valence electrons. The van der Waals surface area contributed by atoms with Crippen LogP contribution < -0.4 is 0 Å². The number of aryl methyl sites for hydroxylation is 1. The maximum atomic E-state index is 10.7. The van der Waals surface area contributed by atoms with Gasteiger partial charge in [-0.15, -0.1) is 0 Å². The second kappa shape index (κ2) is 4.56. The van der Waals surface area contributed by atoms with Gasteiger partial charge >= 0.3 is 5.97 Å². The number of rotatable bonds is 3. The smallest absolute Gasteiger partial charge is 0.331 e. The molecule has 0 unspecified atom stereocenters. The van der Waals surface area contributed by atoms with Crippen LogP contribution in [0.15, 0.2) is 23.9 Å². The molecule has 1 aromatic heterocycles. The molecule has 1 N–H and O–H groups in total. The first-order valence-corrected chi connectivity index (χ1v) is 4.50. The Hall–Kier alpha value is -1.64. The first-order valence-electron chi connectivity index (χ1n) is 4.50. The van der Waals surface area contributed by atoms with Crippen molar-refractivity contribution in [2.24, 2.45) is 0 Å². The van der Waals surface area contributed by atoms with Crippen LogP contribution >= 0.6 is 0 Å². The molecule has 0 saturated carbocycles. The van der Waals surface area contributed by atoms with Crippen LogP contribution in [-0.4, -0.2) is 16.1 Å². The molecule has 0 aromatic carbocycles. The number of carboxylic acid groups (broad SMARTS) is 1. The monoisotopic (exact) mass is 191 g/mol. The Balaban J connectivity index is 2.95. The summed E-state index contributed by atoms with van der Waals surface area (Å²) in [5, 5.41) is 8.79. The van der Waals surface area contributed by atoms with Crippen LogP contribution in [0.4, 0.5) is 0 Å². The van der Waals surface area contributed by atoms with Gasteiger partial charge in [-0.2, -0.15) is 0 Å². The van der Waals surface area contributed by atoms with Crippen molar-refractivity contribution in [3.63, 3.8) is 0 Å². The van der Waals surface area contributed by atoms with Gasteiger partial charge in [0.05, 0.1) is 5.69 Å². The molecule has 0 bridgehead atoms. The van der Waals surface area contributed by atoms with E-state index in [1.54, 1.807) is 12.3 Å². The Kier molecular flexibility index (Phi) is 3.40. The zero-order valence-corrected chi connectivity index (χ0v) is 8.32. The van der Waals surface area contributed by atoms with Crippen molar-refractivity contribution in [2.45, 2.75) is 20.3 Å². The molecular formula is C11H13NO2. The Morgan fingerprint density at radius 1 is 1.57 bits per heavy atom. The first-order chi connectivity index (χ1) is 6.63. The van der Waals surface area contributed by atoms with Crippen molar-refractivity contribution >= 4 is 12.0 Å². The van der Waals surface area contributed by atoms with E-state index in [0.29, 0.717) is 17.7 Å². The van der Waals surface area contributed by atoms with E-state index < -0.39 is 5.97 Å². The second-order valence-electron chi connectivity index (χ2n) is 3.09. The van der Waals surface area contributed by atoms with Gasteiger partial charge in [-0.3, -0.25) is 4.98 Å². The van der Waals surface area contributed by atoms with Crippen LogP contribution in [0.25, 0.3) is 6.08 Å². The van der Waals surface area contributed by atoms with Crippen LogP contribution in [0.1, 0.15) is 24.6 Å². The van der Waals surface area contributed by atoms with Gasteiger partial charge in [0.25, 0.3) is 0 Å².